The largest absolute Gasteiger partial charge is 0.327 e. The molecular formula is C18H38N2. The van der Waals surface area contributed by atoms with Crippen molar-refractivity contribution in [3.05, 3.63) is 0 Å². The number of hydrogen-bond acceptors (Lipinski definition) is 2. The fourth-order valence-corrected chi connectivity index (χ4v) is 3.68. The standard InChI is InChI=1S/C18H38N2/c1-5-8-12-20(15(4)7-3)14-17-13-16(9-6-2)10-11-18(17)19/h15-18H,5-14,19H2,1-4H3. The topological polar surface area (TPSA) is 29.3 Å². The van der Waals surface area contributed by atoms with E-state index in [2.05, 4.69) is 32.6 Å². The predicted molar refractivity (Wildman–Crippen MR) is 89.9 cm³/mol. The van der Waals surface area contributed by atoms with E-state index in [1.165, 1.54) is 64.5 Å². The minimum atomic E-state index is 0.441. The van der Waals surface area contributed by atoms with E-state index in [4.69, 9.17) is 5.73 Å². The molecule has 1 aliphatic carbocycles. The molecule has 0 amide bonds. The zero-order chi connectivity index (χ0) is 15.0. The lowest BCUT2D eigenvalue weighted by atomic mass is 9.76. The van der Waals surface area contributed by atoms with Crippen LogP contribution < -0.4 is 5.73 Å². The first-order chi connectivity index (χ1) is 9.62. The fourth-order valence-electron chi connectivity index (χ4n) is 3.68. The van der Waals surface area contributed by atoms with Gasteiger partial charge >= 0.3 is 0 Å². The van der Waals surface area contributed by atoms with Gasteiger partial charge in [0.05, 0.1) is 0 Å². The highest BCUT2D eigenvalue weighted by Crippen LogP contribution is 2.32. The number of unbranched alkanes of at least 4 members (excludes halogenated alkanes) is 1. The second kappa shape index (κ2) is 9.78. The Bertz CT molecular complexity index is 242. The van der Waals surface area contributed by atoms with Gasteiger partial charge in [-0.2, -0.15) is 0 Å². The first-order valence-corrected chi connectivity index (χ1v) is 9.11. The average molecular weight is 283 g/mol. The first kappa shape index (κ1) is 18.0. The van der Waals surface area contributed by atoms with Crippen LogP contribution in [0.2, 0.25) is 0 Å². The number of nitrogens with zero attached hydrogens (tertiary/aromatic N) is 1. The lowest BCUT2D eigenvalue weighted by Gasteiger charge is -2.39. The molecule has 1 saturated carbocycles. The van der Waals surface area contributed by atoms with Gasteiger partial charge in [0, 0.05) is 18.6 Å². The zero-order valence-corrected chi connectivity index (χ0v) is 14.4. The summed E-state index contributed by atoms with van der Waals surface area (Å²) in [6, 6.07) is 1.15. The Morgan fingerprint density at radius 3 is 2.50 bits per heavy atom. The predicted octanol–water partition coefficient (Wildman–Crippen LogP) is 4.43. The first-order valence-electron chi connectivity index (χ1n) is 9.11. The minimum absolute atomic E-state index is 0.441. The number of hydrogen-bond donors (Lipinski definition) is 1. The number of rotatable bonds is 9. The van der Waals surface area contributed by atoms with Crippen molar-refractivity contribution in [2.75, 3.05) is 13.1 Å². The second-order valence-corrected chi connectivity index (χ2v) is 7.00. The third-order valence-electron chi connectivity index (χ3n) is 5.33. The monoisotopic (exact) mass is 282 g/mol. The molecule has 0 radical (unpaired) electrons. The summed E-state index contributed by atoms with van der Waals surface area (Å²) >= 11 is 0. The van der Waals surface area contributed by atoms with Crippen molar-refractivity contribution >= 4 is 0 Å². The average Bonchev–Trinajstić information content (AvgIpc) is 2.46. The lowest BCUT2D eigenvalue weighted by Crippen LogP contribution is -2.45. The third-order valence-corrected chi connectivity index (χ3v) is 5.33. The molecule has 0 aromatic rings. The molecule has 2 N–H and O–H groups in total. The Labute approximate surface area is 127 Å². The summed E-state index contributed by atoms with van der Waals surface area (Å²) in [5, 5.41) is 0. The molecule has 0 heterocycles. The summed E-state index contributed by atoms with van der Waals surface area (Å²) < 4.78 is 0. The summed E-state index contributed by atoms with van der Waals surface area (Å²) in [4.78, 5) is 2.71. The lowest BCUT2D eigenvalue weighted by molar-refractivity contribution is 0.121. The van der Waals surface area contributed by atoms with E-state index in [0.29, 0.717) is 12.1 Å². The van der Waals surface area contributed by atoms with Gasteiger partial charge in [-0.05, 0) is 57.4 Å². The van der Waals surface area contributed by atoms with Gasteiger partial charge in [0.1, 0.15) is 0 Å². The van der Waals surface area contributed by atoms with Crippen LogP contribution in [0.4, 0.5) is 0 Å². The van der Waals surface area contributed by atoms with Crippen LogP contribution >= 0.6 is 0 Å². The van der Waals surface area contributed by atoms with Gasteiger partial charge in [0.2, 0.25) is 0 Å². The van der Waals surface area contributed by atoms with E-state index in [9.17, 15) is 0 Å². The molecule has 1 fully saturated rings. The Kier molecular flexibility index (Phi) is 8.79. The van der Waals surface area contributed by atoms with E-state index in [1.807, 2.05) is 0 Å². The van der Waals surface area contributed by atoms with Crippen molar-refractivity contribution in [2.24, 2.45) is 17.6 Å². The maximum Gasteiger partial charge on any atom is 0.00795 e. The summed E-state index contributed by atoms with van der Waals surface area (Å²) in [7, 11) is 0. The van der Waals surface area contributed by atoms with Gasteiger partial charge in [0.15, 0.2) is 0 Å². The zero-order valence-electron chi connectivity index (χ0n) is 14.4. The third kappa shape index (κ3) is 5.73. The summed E-state index contributed by atoms with van der Waals surface area (Å²) in [5.41, 5.74) is 6.43. The maximum absolute atomic E-state index is 6.43. The van der Waals surface area contributed by atoms with Gasteiger partial charge in [0.25, 0.3) is 0 Å². The molecule has 120 valence electrons. The number of nitrogens with two attached hydrogens (primary N) is 1. The van der Waals surface area contributed by atoms with Crippen molar-refractivity contribution in [3.63, 3.8) is 0 Å². The SMILES string of the molecule is CCCCN(CC1CC(CCC)CCC1N)C(C)CC. The van der Waals surface area contributed by atoms with Crippen molar-refractivity contribution < 1.29 is 0 Å². The van der Waals surface area contributed by atoms with E-state index >= 15 is 0 Å². The molecule has 0 aliphatic heterocycles. The normalized spacial score (nSPS) is 28.8. The van der Waals surface area contributed by atoms with Crippen LogP contribution in [-0.2, 0) is 0 Å². The van der Waals surface area contributed by atoms with Crippen LogP contribution in [0.3, 0.4) is 0 Å². The highest BCUT2D eigenvalue weighted by atomic mass is 15.1. The molecule has 0 aromatic carbocycles. The molecule has 20 heavy (non-hydrogen) atoms. The van der Waals surface area contributed by atoms with Gasteiger partial charge < -0.3 is 10.6 Å². The molecule has 4 unspecified atom stereocenters. The van der Waals surface area contributed by atoms with Crippen LogP contribution in [0.1, 0.15) is 79.1 Å². The Hall–Kier alpha value is -0.0800. The molecule has 0 spiro atoms. The Morgan fingerprint density at radius 1 is 1.15 bits per heavy atom. The smallest absolute Gasteiger partial charge is 0.00795 e. The van der Waals surface area contributed by atoms with Gasteiger partial charge in [-0.25, -0.2) is 0 Å². The minimum Gasteiger partial charge on any atom is -0.327 e. The fraction of sp³-hybridized carbons (Fsp3) is 1.00. The molecule has 0 saturated heterocycles. The van der Waals surface area contributed by atoms with Crippen molar-refractivity contribution in [1.82, 2.24) is 4.90 Å². The summed E-state index contributed by atoms with van der Waals surface area (Å²) in [5.74, 6) is 1.67. The second-order valence-electron chi connectivity index (χ2n) is 7.00. The molecule has 4 atom stereocenters. The van der Waals surface area contributed by atoms with Crippen molar-refractivity contribution in [3.8, 4) is 0 Å². The quantitative estimate of drug-likeness (QED) is 0.678. The Morgan fingerprint density at radius 2 is 1.90 bits per heavy atom. The van der Waals surface area contributed by atoms with Crippen LogP contribution in [0.5, 0.6) is 0 Å². The molecule has 0 aromatic heterocycles. The van der Waals surface area contributed by atoms with Crippen LogP contribution in [-0.4, -0.2) is 30.1 Å². The molecular weight excluding hydrogens is 244 g/mol. The van der Waals surface area contributed by atoms with Crippen LogP contribution in [0.25, 0.3) is 0 Å². The van der Waals surface area contributed by atoms with Crippen LogP contribution in [0, 0.1) is 11.8 Å². The highest BCUT2D eigenvalue weighted by molar-refractivity contribution is 4.85. The maximum atomic E-state index is 6.43. The van der Waals surface area contributed by atoms with E-state index < -0.39 is 0 Å². The molecule has 2 heteroatoms. The highest BCUT2D eigenvalue weighted by Gasteiger charge is 2.29. The molecule has 0 bridgehead atoms. The molecule has 1 rings (SSSR count). The van der Waals surface area contributed by atoms with Gasteiger partial charge in [-0.1, -0.05) is 40.0 Å². The summed E-state index contributed by atoms with van der Waals surface area (Å²) in [6.45, 7) is 11.8. The Balaban J connectivity index is 2.54. The van der Waals surface area contributed by atoms with Gasteiger partial charge in [-0.15, -0.1) is 0 Å². The van der Waals surface area contributed by atoms with E-state index in [-0.39, 0.29) is 0 Å². The van der Waals surface area contributed by atoms with E-state index in [1.54, 1.807) is 0 Å². The van der Waals surface area contributed by atoms with Gasteiger partial charge in [-0.3, -0.25) is 0 Å². The van der Waals surface area contributed by atoms with E-state index in [0.717, 1.165) is 11.8 Å². The van der Waals surface area contributed by atoms with Crippen molar-refractivity contribution in [1.29, 1.82) is 0 Å². The summed E-state index contributed by atoms with van der Waals surface area (Å²) in [6.07, 6.45) is 10.6. The molecule has 1 aliphatic rings. The van der Waals surface area contributed by atoms with Crippen LogP contribution in [0.15, 0.2) is 0 Å². The van der Waals surface area contributed by atoms with Crippen molar-refractivity contribution in [2.45, 2.75) is 91.1 Å². The molecule has 2 nitrogen and oxygen atoms in total.